The summed E-state index contributed by atoms with van der Waals surface area (Å²) in [4.78, 5) is 11.9. The molecular weight excluding hydrogens is 268 g/mol. The highest BCUT2D eigenvalue weighted by atomic mass is 79.9. The van der Waals surface area contributed by atoms with Crippen LogP contribution < -0.4 is 0 Å². The number of allylic oxidation sites excluding steroid dienone is 1. The second-order valence-electron chi connectivity index (χ2n) is 3.73. The highest BCUT2D eigenvalue weighted by Crippen LogP contribution is 2.35. The third-order valence-corrected chi connectivity index (χ3v) is 3.19. The van der Waals surface area contributed by atoms with Crippen LogP contribution in [-0.2, 0) is 0 Å². The molecule has 78 valence electrons. The summed E-state index contributed by atoms with van der Waals surface area (Å²) in [6.45, 7) is 0. The lowest BCUT2D eigenvalue weighted by atomic mass is 9.92. The average molecular weight is 276 g/mol. The number of phenolic OH excluding ortho intramolecular Hbond substituents is 1. The molecular formula is C13H7BrO2. The number of aromatic hydroxyl groups is 1. The maximum Gasteiger partial charge on any atom is 0.293 e. The number of carbonyl (C=O) groups is 1. The molecule has 2 aromatic rings. The Labute approximate surface area is 102 Å². The Balaban J connectivity index is 2.52. The van der Waals surface area contributed by atoms with Crippen molar-refractivity contribution in [1.29, 1.82) is 1.43 Å². The zero-order valence-electron chi connectivity index (χ0n) is 9.16. The van der Waals surface area contributed by atoms with E-state index < -0.39 is 0 Å². The maximum absolute atomic E-state index is 11.9. The molecule has 1 N–H and O–H groups in total. The van der Waals surface area contributed by atoms with Gasteiger partial charge in [0.1, 0.15) is 5.75 Å². The van der Waals surface area contributed by atoms with Crippen molar-refractivity contribution in [3.63, 3.8) is 0 Å². The Morgan fingerprint density at radius 1 is 1.25 bits per heavy atom. The standard InChI is InChI=1S/C13H7BrO2/c14-9-5-7-1-3-10(15)13-11(16)4-2-8(6-9)12(7)13/h1-6,15H/i/hD. The van der Waals surface area contributed by atoms with Gasteiger partial charge in [0.15, 0.2) is 5.78 Å². The van der Waals surface area contributed by atoms with E-state index in [1.54, 1.807) is 12.1 Å². The Morgan fingerprint density at radius 2 is 2.12 bits per heavy atom. The van der Waals surface area contributed by atoms with E-state index in [4.69, 9.17) is 1.43 Å². The third kappa shape index (κ3) is 1.21. The fraction of sp³-hybridized carbons (Fsp3) is 0. The second kappa shape index (κ2) is 3.19. The molecule has 0 radical (unpaired) electrons. The topological polar surface area (TPSA) is 37.3 Å². The minimum atomic E-state index is -0.118. The van der Waals surface area contributed by atoms with Crippen LogP contribution in [0.1, 0.15) is 15.9 Å². The smallest absolute Gasteiger partial charge is 0.293 e. The Hall–Kier alpha value is -1.61. The molecule has 0 spiro atoms. The van der Waals surface area contributed by atoms with Gasteiger partial charge in [0.2, 0.25) is 0 Å². The Kier molecular flexibility index (Phi) is 1.70. The van der Waals surface area contributed by atoms with Crippen molar-refractivity contribution in [3.8, 4) is 5.75 Å². The van der Waals surface area contributed by atoms with Crippen LogP contribution in [0.4, 0.5) is 0 Å². The third-order valence-electron chi connectivity index (χ3n) is 2.74. The first-order chi connectivity index (χ1) is 8.20. The van der Waals surface area contributed by atoms with Crippen molar-refractivity contribution >= 4 is 38.6 Å². The van der Waals surface area contributed by atoms with Gasteiger partial charge in [-0.2, -0.15) is 0 Å². The first-order valence-electron chi connectivity index (χ1n) is 5.23. The largest absolute Gasteiger partial charge is 0.507 e. The zero-order valence-corrected chi connectivity index (χ0v) is 9.74. The molecule has 0 aromatic heterocycles. The van der Waals surface area contributed by atoms with E-state index in [0.29, 0.717) is 11.3 Å². The summed E-state index contributed by atoms with van der Waals surface area (Å²) >= 11 is 3.44. The van der Waals surface area contributed by atoms with Crippen LogP contribution in [0.3, 0.4) is 0 Å². The number of hydrogen-bond donors (Lipinski definition) is 1. The van der Waals surface area contributed by atoms with Gasteiger partial charge in [-0.15, -0.1) is 0 Å². The predicted molar refractivity (Wildman–Crippen MR) is 66.7 cm³/mol. The van der Waals surface area contributed by atoms with Gasteiger partial charge in [0.05, 0.1) is 5.56 Å². The van der Waals surface area contributed by atoms with Crippen molar-refractivity contribution in [2.75, 3.05) is 0 Å². The molecule has 1 aliphatic carbocycles. The summed E-state index contributed by atoms with van der Waals surface area (Å²) < 4.78 is 7.97. The van der Waals surface area contributed by atoms with Gasteiger partial charge in [-0.05, 0) is 35.2 Å². The fourth-order valence-electron chi connectivity index (χ4n) is 2.07. The van der Waals surface area contributed by atoms with Crippen LogP contribution in [0, 0.1) is 0 Å². The molecule has 0 atom stereocenters. The second-order valence-corrected chi connectivity index (χ2v) is 4.65. The minimum absolute atomic E-state index is 0.118. The van der Waals surface area contributed by atoms with E-state index in [-0.39, 0.29) is 5.78 Å². The van der Waals surface area contributed by atoms with Crippen molar-refractivity contribution in [1.82, 2.24) is 0 Å². The lowest BCUT2D eigenvalue weighted by Gasteiger charge is -2.13. The molecule has 0 unspecified atom stereocenters. The van der Waals surface area contributed by atoms with E-state index in [1.807, 2.05) is 18.2 Å². The Morgan fingerprint density at radius 3 is 2.94 bits per heavy atom. The van der Waals surface area contributed by atoms with Crippen LogP contribution in [0.15, 0.2) is 34.8 Å². The molecule has 0 saturated heterocycles. The van der Waals surface area contributed by atoms with Crippen molar-refractivity contribution in [2.45, 2.75) is 0 Å². The van der Waals surface area contributed by atoms with Crippen molar-refractivity contribution in [2.24, 2.45) is 0 Å². The quantitative estimate of drug-likeness (QED) is 0.865. The van der Waals surface area contributed by atoms with E-state index >= 15 is 0 Å². The molecule has 3 rings (SSSR count). The summed E-state index contributed by atoms with van der Waals surface area (Å²) in [5, 5.41) is 6.33. The number of halogens is 1. The maximum atomic E-state index is 11.9. The fourth-order valence-corrected chi connectivity index (χ4v) is 2.56. The van der Waals surface area contributed by atoms with Crippen LogP contribution in [0.2, 0.25) is 0 Å². The first-order valence-corrected chi connectivity index (χ1v) is 5.62. The lowest BCUT2D eigenvalue weighted by molar-refractivity contribution is 0.104. The normalized spacial score (nSPS) is 14.1. The molecule has 1 aliphatic rings. The van der Waals surface area contributed by atoms with E-state index in [2.05, 4.69) is 21.0 Å². The zero-order chi connectivity index (χ0) is 12.0. The summed E-state index contributed by atoms with van der Waals surface area (Å²) in [6.07, 6.45) is 3.29. The molecule has 2 aromatic carbocycles. The summed E-state index contributed by atoms with van der Waals surface area (Å²) in [6, 6.07) is 7.40. The monoisotopic (exact) mass is 275 g/mol. The molecule has 16 heavy (non-hydrogen) atoms. The number of hydrogen-bond acceptors (Lipinski definition) is 2. The summed E-state index contributed by atoms with van der Waals surface area (Å²) in [5.41, 5.74) is 1.44. The van der Waals surface area contributed by atoms with Crippen LogP contribution in [0.25, 0.3) is 16.8 Å². The molecule has 0 heterocycles. The number of rotatable bonds is 1. The Bertz CT molecular complexity index is 677. The summed E-state index contributed by atoms with van der Waals surface area (Å²) in [7, 11) is 0. The van der Waals surface area contributed by atoms with E-state index in [0.717, 1.165) is 20.8 Å². The van der Waals surface area contributed by atoms with Gasteiger partial charge < -0.3 is 5.11 Å². The number of phenols is 1. The molecule has 0 aliphatic heterocycles. The van der Waals surface area contributed by atoms with Gasteiger partial charge in [0.25, 0.3) is 1.43 Å². The highest BCUT2D eigenvalue weighted by Gasteiger charge is 2.19. The highest BCUT2D eigenvalue weighted by molar-refractivity contribution is 9.10. The molecule has 0 amide bonds. The molecule has 2 nitrogen and oxygen atoms in total. The minimum Gasteiger partial charge on any atom is -0.507 e. The SMILES string of the molecule is [2H]Oc1ccc2cc(Br)cc3c2c1C(=O)C=C3. The molecule has 3 heteroatoms. The molecule has 0 fully saturated rings. The predicted octanol–water partition coefficient (Wildman–Crippen LogP) is 3.52. The van der Waals surface area contributed by atoms with E-state index in [1.165, 1.54) is 6.08 Å². The van der Waals surface area contributed by atoms with Gasteiger partial charge in [-0.1, -0.05) is 28.1 Å². The van der Waals surface area contributed by atoms with Gasteiger partial charge in [-0.3, -0.25) is 4.79 Å². The van der Waals surface area contributed by atoms with Crippen LogP contribution in [-0.4, -0.2) is 12.3 Å². The van der Waals surface area contributed by atoms with Gasteiger partial charge >= 0.3 is 0 Å². The number of ketones is 1. The molecule has 0 bridgehead atoms. The van der Waals surface area contributed by atoms with Gasteiger partial charge in [-0.25, -0.2) is 0 Å². The lowest BCUT2D eigenvalue weighted by Crippen LogP contribution is -2.02. The number of benzene rings is 2. The molecule has 0 saturated carbocycles. The summed E-state index contributed by atoms with van der Waals surface area (Å²) in [5.74, 6) is 0.183. The first kappa shape index (κ1) is 8.53. The number of carbonyl (C=O) groups excluding carboxylic acids is 1. The van der Waals surface area contributed by atoms with Crippen molar-refractivity contribution in [3.05, 3.63) is 45.9 Å². The van der Waals surface area contributed by atoms with Crippen LogP contribution >= 0.6 is 15.9 Å². The van der Waals surface area contributed by atoms with Crippen LogP contribution in [0.5, 0.6) is 5.75 Å². The van der Waals surface area contributed by atoms with Gasteiger partial charge in [0, 0.05) is 9.86 Å². The van der Waals surface area contributed by atoms with E-state index in [9.17, 15) is 4.79 Å². The van der Waals surface area contributed by atoms with Crippen molar-refractivity contribution < 1.29 is 9.90 Å². The average Bonchev–Trinajstić information content (AvgIpc) is 2.33.